The number of likely N-dealkylation sites (N-methyl/N-ethyl adjacent to an activating group) is 1. The fraction of sp³-hybridized carbons (Fsp3) is 0.625. The largest absolute Gasteiger partial charge is 0.491 e. The van der Waals surface area contributed by atoms with E-state index >= 15 is 0 Å². The van der Waals surface area contributed by atoms with Gasteiger partial charge in [0.15, 0.2) is 0 Å². The molecule has 1 saturated heterocycles. The van der Waals surface area contributed by atoms with Gasteiger partial charge in [0.25, 0.3) is 0 Å². The first kappa shape index (κ1) is 14.2. The molecule has 1 aromatic rings. The highest BCUT2D eigenvalue weighted by atomic mass is 16.5. The molecular weight excluding hydrogens is 236 g/mol. The zero-order valence-electron chi connectivity index (χ0n) is 12.7. The molecule has 0 saturated carbocycles. The lowest BCUT2D eigenvalue weighted by atomic mass is 10.0. The normalized spacial score (nSPS) is 21.7. The minimum atomic E-state index is 0.225. The van der Waals surface area contributed by atoms with Gasteiger partial charge in [0, 0.05) is 30.9 Å². The molecule has 3 heteroatoms. The summed E-state index contributed by atoms with van der Waals surface area (Å²) in [6.45, 7) is 9.67. The van der Waals surface area contributed by atoms with E-state index in [2.05, 4.69) is 55.4 Å². The monoisotopic (exact) mass is 262 g/mol. The fourth-order valence-corrected chi connectivity index (χ4v) is 2.64. The van der Waals surface area contributed by atoms with E-state index in [1.807, 2.05) is 13.8 Å². The van der Waals surface area contributed by atoms with E-state index in [4.69, 9.17) is 4.74 Å². The molecule has 1 heterocycles. The van der Waals surface area contributed by atoms with Gasteiger partial charge in [-0.1, -0.05) is 0 Å². The summed E-state index contributed by atoms with van der Waals surface area (Å²) in [6, 6.07) is 8.96. The number of benzene rings is 1. The average molecular weight is 262 g/mol. The Hall–Kier alpha value is -1.22. The Balaban J connectivity index is 2.02. The molecule has 1 aliphatic heterocycles. The lowest BCUT2D eigenvalue weighted by molar-refractivity contribution is 0.242. The van der Waals surface area contributed by atoms with Gasteiger partial charge in [-0.05, 0) is 58.4 Å². The number of hydrogen-bond donors (Lipinski definition) is 1. The van der Waals surface area contributed by atoms with E-state index in [-0.39, 0.29) is 11.6 Å². The summed E-state index contributed by atoms with van der Waals surface area (Å²) in [7, 11) is 2.17. The zero-order chi connectivity index (χ0) is 14.0. The molecule has 3 nitrogen and oxygen atoms in total. The van der Waals surface area contributed by atoms with Crippen molar-refractivity contribution >= 4 is 5.69 Å². The Kier molecular flexibility index (Phi) is 4.04. The third kappa shape index (κ3) is 3.63. The Morgan fingerprint density at radius 1 is 1.26 bits per heavy atom. The third-order valence-electron chi connectivity index (χ3n) is 3.73. The maximum atomic E-state index is 5.68. The van der Waals surface area contributed by atoms with E-state index in [9.17, 15) is 0 Å². The van der Waals surface area contributed by atoms with Crippen LogP contribution in [0.5, 0.6) is 5.75 Å². The molecule has 1 aromatic carbocycles. The molecule has 0 amide bonds. The molecule has 0 spiro atoms. The SMILES string of the molecule is CC(C)Oc1ccc(N(C)C2CNC(C)(C)C2)cc1. The highest BCUT2D eigenvalue weighted by Crippen LogP contribution is 2.27. The molecule has 0 aromatic heterocycles. The fourth-order valence-electron chi connectivity index (χ4n) is 2.64. The van der Waals surface area contributed by atoms with Crippen molar-refractivity contribution in [3.63, 3.8) is 0 Å². The van der Waals surface area contributed by atoms with Crippen LogP contribution in [0, 0.1) is 0 Å². The number of anilines is 1. The molecule has 1 N–H and O–H groups in total. The summed E-state index contributed by atoms with van der Waals surface area (Å²) in [6.07, 6.45) is 1.40. The Morgan fingerprint density at radius 3 is 2.37 bits per heavy atom. The van der Waals surface area contributed by atoms with Gasteiger partial charge < -0.3 is 15.0 Å². The molecule has 1 unspecified atom stereocenters. The first-order chi connectivity index (χ1) is 8.87. The average Bonchev–Trinajstić information content (AvgIpc) is 2.69. The predicted octanol–water partition coefficient (Wildman–Crippen LogP) is 3.05. The Labute approximate surface area is 116 Å². The summed E-state index contributed by atoms with van der Waals surface area (Å²) >= 11 is 0. The van der Waals surface area contributed by atoms with Gasteiger partial charge in [0.2, 0.25) is 0 Å². The predicted molar refractivity (Wildman–Crippen MR) is 81.1 cm³/mol. The van der Waals surface area contributed by atoms with Crippen LogP contribution in [0.25, 0.3) is 0 Å². The quantitative estimate of drug-likeness (QED) is 0.902. The van der Waals surface area contributed by atoms with Crippen LogP contribution in [-0.4, -0.2) is 31.3 Å². The van der Waals surface area contributed by atoms with Crippen molar-refractivity contribution in [1.82, 2.24) is 5.32 Å². The molecule has 0 bridgehead atoms. The van der Waals surface area contributed by atoms with E-state index in [1.54, 1.807) is 0 Å². The number of nitrogens with zero attached hydrogens (tertiary/aromatic N) is 1. The van der Waals surface area contributed by atoms with Gasteiger partial charge in [-0.3, -0.25) is 0 Å². The van der Waals surface area contributed by atoms with Crippen LogP contribution in [0.1, 0.15) is 34.1 Å². The van der Waals surface area contributed by atoms with E-state index < -0.39 is 0 Å². The molecule has 2 rings (SSSR count). The molecule has 0 radical (unpaired) electrons. The summed E-state index contributed by atoms with van der Waals surface area (Å²) in [4.78, 5) is 2.36. The number of nitrogens with one attached hydrogen (secondary N) is 1. The maximum Gasteiger partial charge on any atom is 0.119 e. The summed E-state index contributed by atoms with van der Waals surface area (Å²) < 4.78 is 5.68. The molecule has 1 fully saturated rings. The zero-order valence-corrected chi connectivity index (χ0v) is 12.7. The minimum Gasteiger partial charge on any atom is -0.491 e. The van der Waals surface area contributed by atoms with Crippen LogP contribution in [0.3, 0.4) is 0 Å². The first-order valence-electron chi connectivity index (χ1n) is 7.12. The molecular formula is C16H26N2O. The van der Waals surface area contributed by atoms with E-state index in [0.29, 0.717) is 6.04 Å². The second-order valence-electron chi connectivity index (χ2n) is 6.39. The van der Waals surface area contributed by atoms with Crippen molar-refractivity contribution < 1.29 is 4.74 Å². The van der Waals surface area contributed by atoms with Gasteiger partial charge >= 0.3 is 0 Å². The van der Waals surface area contributed by atoms with Gasteiger partial charge in [-0.25, -0.2) is 0 Å². The molecule has 106 valence electrons. The van der Waals surface area contributed by atoms with Crippen molar-refractivity contribution in [2.75, 3.05) is 18.5 Å². The van der Waals surface area contributed by atoms with Gasteiger partial charge in [0.1, 0.15) is 5.75 Å². The van der Waals surface area contributed by atoms with Crippen molar-refractivity contribution in [2.45, 2.75) is 51.8 Å². The van der Waals surface area contributed by atoms with E-state index in [0.717, 1.165) is 12.3 Å². The van der Waals surface area contributed by atoms with Crippen LogP contribution in [0.4, 0.5) is 5.69 Å². The minimum absolute atomic E-state index is 0.225. The lowest BCUT2D eigenvalue weighted by Gasteiger charge is -2.27. The topological polar surface area (TPSA) is 24.5 Å². The highest BCUT2D eigenvalue weighted by Gasteiger charge is 2.32. The lowest BCUT2D eigenvalue weighted by Crippen LogP contribution is -2.33. The Morgan fingerprint density at radius 2 is 1.89 bits per heavy atom. The number of ether oxygens (including phenoxy) is 1. The van der Waals surface area contributed by atoms with E-state index in [1.165, 1.54) is 12.1 Å². The first-order valence-corrected chi connectivity index (χ1v) is 7.12. The van der Waals surface area contributed by atoms with Crippen molar-refractivity contribution in [3.8, 4) is 5.75 Å². The third-order valence-corrected chi connectivity index (χ3v) is 3.73. The Bertz CT molecular complexity index is 411. The van der Waals surface area contributed by atoms with Crippen molar-refractivity contribution in [1.29, 1.82) is 0 Å². The highest BCUT2D eigenvalue weighted by molar-refractivity contribution is 5.49. The standard InChI is InChI=1S/C16H26N2O/c1-12(2)19-15-8-6-13(7-9-15)18(5)14-10-16(3,4)17-11-14/h6-9,12,14,17H,10-11H2,1-5H3. The summed E-state index contributed by atoms with van der Waals surface area (Å²) in [5.74, 6) is 0.942. The molecule has 1 atom stereocenters. The van der Waals surface area contributed by atoms with Gasteiger partial charge in [-0.15, -0.1) is 0 Å². The van der Waals surface area contributed by atoms with Crippen LogP contribution in [0.15, 0.2) is 24.3 Å². The van der Waals surface area contributed by atoms with Crippen molar-refractivity contribution in [3.05, 3.63) is 24.3 Å². The molecule has 19 heavy (non-hydrogen) atoms. The van der Waals surface area contributed by atoms with Crippen LogP contribution in [-0.2, 0) is 0 Å². The molecule has 0 aliphatic carbocycles. The number of rotatable bonds is 4. The molecule has 1 aliphatic rings. The van der Waals surface area contributed by atoms with Crippen LogP contribution >= 0.6 is 0 Å². The number of hydrogen-bond acceptors (Lipinski definition) is 3. The summed E-state index contributed by atoms with van der Waals surface area (Å²) in [5.41, 5.74) is 1.50. The smallest absolute Gasteiger partial charge is 0.119 e. The van der Waals surface area contributed by atoms with Crippen LogP contribution in [0.2, 0.25) is 0 Å². The van der Waals surface area contributed by atoms with Crippen LogP contribution < -0.4 is 15.0 Å². The van der Waals surface area contributed by atoms with Gasteiger partial charge in [0.05, 0.1) is 6.10 Å². The van der Waals surface area contributed by atoms with Crippen molar-refractivity contribution in [2.24, 2.45) is 0 Å². The second kappa shape index (κ2) is 5.41. The summed E-state index contributed by atoms with van der Waals surface area (Å²) in [5, 5.41) is 3.57. The maximum absolute atomic E-state index is 5.68. The second-order valence-corrected chi connectivity index (χ2v) is 6.39. The van der Waals surface area contributed by atoms with Gasteiger partial charge in [-0.2, -0.15) is 0 Å².